The molecule has 192 valence electrons. The van der Waals surface area contributed by atoms with Crippen LogP contribution in [0.25, 0.3) is 17.2 Å². The van der Waals surface area contributed by atoms with Crippen molar-refractivity contribution in [1.29, 1.82) is 0 Å². The van der Waals surface area contributed by atoms with Gasteiger partial charge in [0.15, 0.2) is 6.23 Å². The first-order valence-corrected chi connectivity index (χ1v) is 13.6. The standard InChI is InChI=1S/C33H38N2O2/c1-24-10-14-27(15-11-24)28-17-16-26-7-6-8-29(22-30(26)21-28)33(36)34-31-18-12-25(13-19-31)23-35(2,3)32-9-4-5-20-37-32/h10-19,21-22,32H,4-9,20,23H2,1-3H3/p+1. The molecule has 4 heteroatoms. The predicted molar refractivity (Wildman–Crippen MR) is 152 cm³/mol. The molecule has 0 aromatic heterocycles. The first-order chi connectivity index (χ1) is 17.9. The van der Waals surface area contributed by atoms with Gasteiger partial charge in [-0.2, -0.15) is 0 Å². The third-order valence-electron chi connectivity index (χ3n) is 7.78. The fourth-order valence-corrected chi connectivity index (χ4v) is 5.54. The second kappa shape index (κ2) is 11.0. The van der Waals surface area contributed by atoms with E-state index >= 15 is 0 Å². The van der Waals surface area contributed by atoms with E-state index < -0.39 is 0 Å². The lowest BCUT2D eigenvalue weighted by molar-refractivity contribution is -0.951. The molecule has 0 saturated carbocycles. The van der Waals surface area contributed by atoms with Gasteiger partial charge in [-0.05, 0) is 85.6 Å². The molecule has 4 nitrogen and oxygen atoms in total. The Morgan fingerprint density at radius 1 is 0.919 bits per heavy atom. The molecule has 0 radical (unpaired) electrons. The number of nitrogens with one attached hydrogen (secondary N) is 1. The number of carbonyl (C=O) groups excluding carboxylic acids is 1. The highest BCUT2D eigenvalue weighted by Crippen LogP contribution is 2.29. The Hall–Kier alpha value is -3.21. The third-order valence-corrected chi connectivity index (χ3v) is 7.78. The summed E-state index contributed by atoms with van der Waals surface area (Å²) in [4.78, 5) is 13.2. The summed E-state index contributed by atoms with van der Waals surface area (Å²) in [6, 6.07) is 23.6. The Balaban J connectivity index is 1.27. The van der Waals surface area contributed by atoms with Gasteiger partial charge < -0.3 is 10.1 Å². The highest BCUT2D eigenvalue weighted by atomic mass is 16.5. The summed E-state index contributed by atoms with van der Waals surface area (Å²) in [6.45, 7) is 3.88. The van der Waals surface area contributed by atoms with Crippen LogP contribution in [-0.2, 0) is 22.5 Å². The number of benzene rings is 3. The monoisotopic (exact) mass is 495 g/mol. The first kappa shape index (κ1) is 25.4. The van der Waals surface area contributed by atoms with Gasteiger partial charge in [0, 0.05) is 23.2 Å². The van der Waals surface area contributed by atoms with E-state index in [1.54, 1.807) is 0 Å². The zero-order chi connectivity index (χ0) is 25.8. The molecule has 0 spiro atoms. The highest BCUT2D eigenvalue weighted by molar-refractivity contribution is 6.07. The predicted octanol–water partition coefficient (Wildman–Crippen LogP) is 7.12. The van der Waals surface area contributed by atoms with Crippen LogP contribution in [0.5, 0.6) is 0 Å². The van der Waals surface area contributed by atoms with Gasteiger partial charge >= 0.3 is 0 Å². The SMILES string of the molecule is Cc1ccc(-c2ccc3c(c2)C=C(C(=O)Nc2ccc(C[N+](C)(C)C4CCCCO4)cc2)CCC3)cc1. The molecule has 2 aliphatic rings. The van der Waals surface area contributed by atoms with Crippen LogP contribution in [0.15, 0.2) is 72.3 Å². The topological polar surface area (TPSA) is 38.3 Å². The number of anilines is 1. The molecule has 0 bridgehead atoms. The van der Waals surface area contributed by atoms with Crippen LogP contribution in [0.4, 0.5) is 5.69 Å². The lowest BCUT2D eigenvalue weighted by atomic mass is 9.97. The second-order valence-corrected chi connectivity index (χ2v) is 11.2. The number of nitrogens with zero attached hydrogens (tertiary/aromatic N) is 1. The van der Waals surface area contributed by atoms with Crippen LogP contribution in [0, 0.1) is 6.92 Å². The fraction of sp³-hybridized carbons (Fsp3) is 0.364. The molecule has 1 heterocycles. The van der Waals surface area contributed by atoms with Gasteiger partial charge in [-0.1, -0.05) is 54.1 Å². The van der Waals surface area contributed by atoms with E-state index in [2.05, 4.69) is 87.0 Å². The van der Waals surface area contributed by atoms with Crippen molar-refractivity contribution >= 4 is 17.7 Å². The average Bonchev–Trinajstić information content (AvgIpc) is 3.13. The van der Waals surface area contributed by atoms with Crippen LogP contribution in [-0.4, -0.2) is 37.3 Å². The number of hydrogen-bond acceptors (Lipinski definition) is 2. The van der Waals surface area contributed by atoms with E-state index in [4.69, 9.17) is 4.74 Å². The minimum absolute atomic E-state index is 0.00643. The van der Waals surface area contributed by atoms with Crippen molar-refractivity contribution in [1.82, 2.24) is 0 Å². The summed E-state index contributed by atoms with van der Waals surface area (Å²) in [6.07, 6.45) is 8.62. The van der Waals surface area contributed by atoms with E-state index in [1.807, 2.05) is 12.1 Å². The Morgan fingerprint density at radius 3 is 2.41 bits per heavy atom. The molecule has 5 rings (SSSR count). The number of rotatable bonds is 6. The van der Waals surface area contributed by atoms with E-state index in [0.717, 1.165) is 60.1 Å². The molecule has 1 amide bonds. The maximum atomic E-state index is 13.2. The van der Waals surface area contributed by atoms with E-state index in [-0.39, 0.29) is 12.1 Å². The number of carbonyl (C=O) groups is 1. The van der Waals surface area contributed by atoms with Gasteiger partial charge in [0.1, 0.15) is 6.54 Å². The Bertz CT molecular complexity index is 1270. The Labute approximate surface area is 221 Å². The summed E-state index contributed by atoms with van der Waals surface area (Å²) in [7, 11) is 4.48. The molecule has 3 aromatic rings. The molecule has 1 saturated heterocycles. The van der Waals surface area contributed by atoms with Crippen molar-refractivity contribution in [2.24, 2.45) is 0 Å². The number of hydrogen-bond donors (Lipinski definition) is 1. The molecular weight excluding hydrogens is 456 g/mol. The zero-order valence-corrected chi connectivity index (χ0v) is 22.4. The summed E-state index contributed by atoms with van der Waals surface area (Å²) < 4.78 is 6.86. The summed E-state index contributed by atoms with van der Waals surface area (Å²) in [5.74, 6) is -0.00643. The third kappa shape index (κ3) is 6.20. The lowest BCUT2D eigenvalue weighted by Gasteiger charge is -2.39. The molecule has 37 heavy (non-hydrogen) atoms. The highest BCUT2D eigenvalue weighted by Gasteiger charge is 2.31. The molecular formula is C33H39N2O2+. The number of ether oxygens (including phenoxy) is 1. The zero-order valence-electron chi connectivity index (χ0n) is 22.4. The Morgan fingerprint density at radius 2 is 1.68 bits per heavy atom. The van der Waals surface area contributed by atoms with Crippen molar-refractivity contribution in [2.75, 3.05) is 26.0 Å². The van der Waals surface area contributed by atoms with Gasteiger partial charge in [0.25, 0.3) is 5.91 Å². The summed E-state index contributed by atoms with van der Waals surface area (Å²) in [5.41, 5.74) is 9.05. The minimum atomic E-state index is -0.00643. The largest absolute Gasteiger partial charge is 0.329 e. The first-order valence-electron chi connectivity index (χ1n) is 13.6. The minimum Gasteiger partial charge on any atom is -0.329 e. The molecule has 1 N–H and O–H groups in total. The van der Waals surface area contributed by atoms with Crippen molar-refractivity contribution in [3.63, 3.8) is 0 Å². The number of aryl methyl sites for hydroxylation is 2. The summed E-state index contributed by atoms with van der Waals surface area (Å²) >= 11 is 0. The van der Waals surface area contributed by atoms with Crippen molar-refractivity contribution in [3.8, 4) is 11.1 Å². The van der Waals surface area contributed by atoms with Crippen LogP contribution >= 0.6 is 0 Å². The van der Waals surface area contributed by atoms with Crippen LogP contribution in [0.3, 0.4) is 0 Å². The molecule has 1 fully saturated rings. The maximum absolute atomic E-state index is 13.2. The maximum Gasteiger partial charge on any atom is 0.251 e. The van der Waals surface area contributed by atoms with E-state index in [9.17, 15) is 4.79 Å². The fourth-order valence-electron chi connectivity index (χ4n) is 5.54. The van der Waals surface area contributed by atoms with E-state index in [1.165, 1.54) is 40.7 Å². The lowest BCUT2D eigenvalue weighted by Crippen LogP contribution is -2.50. The summed E-state index contributed by atoms with van der Waals surface area (Å²) in [5, 5.41) is 3.14. The van der Waals surface area contributed by atoms with Gasteiger partial charge in [0.05, 0.1) is 20.7 Å². The van der Waals surface area contributed by atoms with Crippen molar-refractivity contribution in [3.05, 3.63) is 94.6 Å². The second-order valence-electron chi connectivity index (χ2n) is 11.2. The quantitative estimate of drug-likeness (QED) is 0.370. The van der Waals surface area contributed by atoms with Crippen LogP contribution < -0.4 is 5.32 Å². The Kier molecular flexibility index (Phi) is 7.59. The molecule has 1 atom stereocenters. The number of quaternary nitrogens is 1. The van der Waals surface area contributed by atoms with Crippen molar-refractivity contribution in [2.45, 2.75) is 58.2 Å². The molecule has 1 aliphatic heterocycles. The van der Waals surface area contributed by atoms with Gasteiger partial charge in [0.2, 0.25) is 0 Å². The smallest absolute Gasteiger partial charge is 0.251 e. The molecule has 1 aliphatic carbocycles. The molecule has 3 aromatic carbocycles. The van der Waals surface area contributed by atoms with E-state index in [0.29, 0.717) is 0 Å². The number of amides is 1. The van der Waals surface area contributed by atoms with Crippen LogP contribution in [0.1, 0.15) is 54.4 Å². The van der Waals surface area contributed by atoms with Gasteiger partial charge in [-0.3, -0.25) is 9.28 Å². The normalized spacial score (nSPS) is 17.9. The van der Waals surface area contributed by atoms with Crippen molar-refractivity contribution < 1.29 is 14.0 Å². The van der Waals surface area contributed by atoms with Crippen LogP contribution in [0.2, 0.25) is 0 Å². The number of fused-ring (bicyclic) bond motifs is 1. The van der Waals surface area contributed by atoms with Gasteiger partial charge in [-0.25, -0.2) is 0 Å². The molecule has 1 unspecified atom stereocenters. The van der Waals surface area contributed by atoms with Gasteiger partial charge in [-0.15, -0.1) is 0 Å². The average molecular weight is 496 g/mol.